The average Bonchev–Trinajstić information content (AvgIpc) is 2.67. The SMILES string of the molecule is CS(=O)(=O)c1ccccc1S(=O)(=O)NCc1cccc(CN2CCOCC2)c1. The summed E-state index contributed by atoms with van der Waals surface area (Å²) in [4.78, 5) is 1.85. The molecule has 152 valence electrons. The van der Waals surface area contributed by atoms with E-state index in [0.717, 1.165) is 50.2 Å². The molecule has 1 fully saturated rings. The van der Waals surface area contributed by atoms with E-state index in [9.17, 15) is 16.8 Å². The maximum absolute atomic E-state index is 12.7. The van der Waals surface area contributed by atoms with Gasteiger partial charge >= 0.3 is 0 Å². The molecule has 2 aromatic rings. The smallest absolute Gasteiger partial charge is 0.242 e. The number of ether oxygens (including phenoxy) is 1. The van der Waals surface area contributed by atoms with E-state index in [0.29, 0.717) is 0 Å². The molecule has 2 aromatic carbocycles. The lowest BCUT2D eigenvalue weighted by Gasteiger charge is -2.26. The van der Waals surface area contributed by atoms with Crippen LogP contribution in [-0.4, -0.2) is 54.3 Å². The zero-order chi connectivity index (χ0) is 20.2. The summed E-state index contributed by atoms with van der Waals surface area (Å²) in [6.45, 7) is 4.05. The van der Waals surface area contributed by atoms with Crippen LogP contribution in [0.1, 0.15) is 11.1 Å². The molecule has 0 atom stereocenters. The fourth-order valence-electron chi connectivity index (χ4n) is 3.09. The molecule has 7 nitrogen and oxygen atoms in total. The van der Waals surface area contributed by atoms with Gasteiger partial charge in [-0.05, 0) is 23.3 Å². The molecule has 1 heterocycles. The van der Waals surface area contributed by atoms with Crippen molar-refractivity contribution in [3.63, 3.8) is 0 Å². The van der Waals surface area contributed by atoms with Gasteiger partial charge in [-0.25, -0.2) is 21.6 Å². The molecule has 0 amide bonds. The van der Waals surface area contributed by atoms with Gasteiger partial charge in [-0.3, -0.25) is 4.90 Å². The van der Waals surface area contributed by atoms with Crippen LogP contribution in [0.5, 0.6) is 0 Å². The van der Waals surface area contributed by atoms with E-state index >= 15 is 0 Å². The molecule has 1 N–H and O–H groups in total. The topological polar surface area (TPSA) is 92.8 Å². The van der Waals surface area contributed by atoms with Crippen molar-refractivity contribution in [2.24, 2.45) is 0 Å². The molecule has 0 radical (unpaired) electrons. The van der Waals surface area contributed by atoms with Gasteiger partial charge in [0.1, 0.15) is 4.90 Å². The Balaban J connectivity index is 1.72. The highest BCUT2D eigenvalue weighted by molar-refractivity contribution is 7.93. The van der Waals surface area contributed by atoms with Crippen molar-refractivity contribution in [1.82, 2.24) is 9.62 Å². The Hall–Kier alpha value is -1.78. The predicted octanol–water partition coefficient (Wildman–Crippen LogP) is 1.40. The molecule has 0 unspecified atom stereocenters. The third-order valence-electron chi connectivity index (χ3n) is 4.51. The second kappa shape index (κ2) is 8.71. The van der Waals surface area contributed by atoms with Crippen molar-refractivity contribution in [3.05, 3.63) is 59.7 Å². The Morgan fingerprint density at radius 2 is 1.57 bits per heavy atom. The minimum atomic E-state index is -3.97. The van der Waals surface area contributed by atoms with Gasteiger partial charge in [-0.2, -0.15) is 0 Å². The minimum Gasteiger partial charge on any atom is -0.379 e. The van der Waals surface area contributed by atoms with Crippen LogP contribution < -0.4 is 4.72 Å². The highest BCUT2D eigenvalue weighted by Crippen LogP contribution is 2.20. The molecular formula is C19H24N2O5S2. The zero-order valence-corrected chi connectivity index (χ0v) is 17.3. The number of hydrogen-bond donors (Lipinski definition) is 1. The van der Waals surface area contributed by atoms with Gasteiger partial charge in [0.15, 0.2) is 9.84 Å². The minimum absolute atomic E-state index is 0.0807. The van der Waals surface area contributed by atoms with Crippen LogP contribution in [0.15, 0.2) is 58.3 Å². The van der Waals surface area contributed by atoms with Crippen molar-refractivity contribution in [3.8, 4) is 0 Å². The Labute approximate surface area is 166 Å². The summed E-state index contributed by atoms with van der Waals surface area (Å²) in [6.07, 6.45) is 0.996. The molecule has 0 aliphatic carbocycles. The first-order valence-corrected chi connectivity index (χ1v) is 12.3. The third kappa shape index (κ3) is 5.39. The van der Waals surface area contributed by atoms with Crippen LogP contribution in [0.3, 0.4) is 0 Å². The summed E-state index contributed by atoms with van der Waals surface area (Å²) in [5.74, 6) is 0. The number of nitrogens with zero attached hydrogens (tertiary/aromatic N) is 1. The van der Waals surface area contributed by atoms with E-state index in [-0.39, 0.29) is 16.3 Å². The van der Waals surface area contributed by atoms with Crippen LogP contribution in [0.2, 0.25) is 0 Å². The van der Waals surface area contributed by atoms with Crippen LogP contribution in [0.25, 0.3) is 0 Å². The lowest BCUT2D eigenvalue weighted by atomic mass is 10.1. The lowest BCUT2D eigenvalue weighted by molar-refractivity contribution is 0.0342. The molecule has 0 aromatic heterocycles. The average molecular weight is 425 g/mol. The number of morpholine rings is 1. The molecule has 0 spiro atoms. The van der Waals surface area contributed by atoms with Crippen molar-refractivity contribution < 1.29 is 21.6 Å². The van der Waals surface area contributed by atoms with E-state index in [1.54, 1.807) is 0 Å². The number of benzene rings is 2. The summed E-state index contributed by atoms with van der Waals surface area (Å²) in [7, 11) is -7.63. The summed E-state index contributed by atoms with van der Waals surface area (Å²) in [5.41, 5.74) is 1.90. The van der Waals surface area contributed by atoms with E-state index < -0.39 is 19.9 Å². The molecule has 1 aliphatic rings. The highest BCUT2D eigenvalue weighted by atomic mass is 32.2. The molecule has 0 saturated carbocycles. The fourth-order valence-corrected chi connectivity index (χ4v) is 5.74. The van der Waals surface area contributed by atoms with Crippen molar-refractivity contribution in [2.45, 2.75) is 22.9 Å². The van der Waals surface area contributed by atoms with E-state index in [4.69, 9.17) is 4.74 Å². The maximum Gasteiger partial charge on any atom is 0.242 e. The van der Waals surface area contributed by atoms with Crippen LogP contribution in [0, 0.1) is 0 Å². The maximum atomic E-state index is 12.7. The van der Waals surface area contributed by atoms with Gasteiger partial charge in [-0.15, -0.1) is 0 Å². The van der Waals surface area contributed by atoms with Crippen molar-refractivity contribution in [1.29, 1.82) is 0 Å². The first-order valence-electron chi connectivity index (χ1n) is 8.92. The molecular weight excluding hydrogens is 400 g/mol. The Morgan fingerprint density at radius 3 is 2.25 bits per heavy atom. The molecule has 3 rings (SSSR count). The lowest BCUT2D eigenvalue weighted by Crippen LogP contribution is -2.35. The molecule has 1 saturated heterocycles. The van der Waals surface area contributed by atoms with Crippen LogP contribution in [-0.2, 0) is 37.7 Å². The Bertz CT molecular complexity index is 1030. The fraction of sp³-hybridized carbons (Fsp3) is 0.368. The van der Waals surface area contributed by atoms with Gasteiger partial charge in [0, 0.05) is 32.4 Å². The highest BCUT2D eigenvalue weighted by Gasteiger charge is 2.23. The number of nitrogens with one attached hydrogen (secondary N) is 1. The first kappa shape index (κ1) is 20.9. The Morgan fingerprint density at radius 1 is 0.929 bits per heavy atom. The first-order chi connectivity index (χ1) is 13.3. The second-order valence-corrected chi connectivity index (χ2v) is 10.5. The monoisotopic (exact) mass is 424 g/mol. The van der Waals surface area contributed by atoms with E-state index in [1.807, 2.05) is 24.3 Å². The molecule has 9 heteroatoms. The van der Waals surface area contributed by atoms with Crippen molar-refractivity contribution in [2.75, 3.05) is 32.6 Å². The zero-order valence-electron chi connectivity index (χ0n) is 15.7. The number of sulfonamides is 1. The predicted molar refractivity (Wildman–Crippen MR) is 106 cm³/mol. The third-order valence-corrected chi connectivity index (χ3v) is 7.25. The van der Waals surface area contributed by atoms with Gasteiger partial charge in [0.2, 0.25) is 10.0 Å². The second-order valence-electron chi connectivity index (χ2n) is 6.75. The molecule has 0 bridgehead atoms. The Kier molecular flexibility index (Phi) is 6.51. The van der Waals surface area contributed by atoms with Gasteiger partial charge in [0.25, 0.3) is 0 Å². The van der Waals surface area contributed by atoms with Crippen molar-refractivity contribution >= 4 is 19.9 Å². The molecule has 1 aliphatic heterocycles. The normalized spacial score (nSPS) is 16.2. The van der Waals surface area contributed by atoms with Gasteiger partial charge in [0.05, 0.1) is 18.1 Å². The standard InChI is InChI=1S/C19H24N2O5S2/c1-27(22,23)18-7-2-3-8-19(18)28(24,25)20-14-16-5-4-6-17(13-16)15-21-9-11-26-12-10-21/h2-8,13,20H,9-12,14-15H2,1H3. The number of hydrogen-bond acceptors (Lipinski definition) is 6. The van der Waals surface area contributed by atoms with Gasteiger partial charge in [-0.1, -0.05) is 36.4 Å². The summed E-state index contributed by atoms with van der Waals surface area (Å²) in [6, 6.07) is 13.3. The largest absolute Gasteiger partial charge is 0.379 e. The summed E-state index contributed by atoms with van der Waals surface area (Å²) >= 11 is 0. The summed E-state index contributed by atoms with van der Waals surface area (Å²) < 4.78 is 57.0. The van der Waals surface area contributed by atoms with E-state index in [1.165, 1.54) is 24.3 Å². The van der Waals surface area contributed by atoms with Crippen LogP contribution in [0.4, 0.5) is 0 Å². The number of rotatable bonds is 7. The quantitative estimate of drug-likeness (QED) is 0.722. The van der Waals surface area contributed by atoms with E-state index in [2.05, 4.69) is 9.62 Å². The summed E-state index contributed by atoms with van der Waals surface area (Å²) in [5, 5.41) is 0. The number of sulfone groups is 1. The molecule has 28 heavy (non-hydrogen) atoms. The van der Waals surface area contributed by atoms with Gasteiger partial charge < -0.3 is 4.74 Å². The van der Waals surface area contributed by atoms with Crippen LogP contribution >= 0.6 is 0 Å².